The molecular formula is C18H20N2O4. The van der Waals surface area contributed by atoms with Crippen molar-refractivity contribution in [2.45, 2.75) is 19.9 Å². The van der Waals surface area contributed by atoms with Gasteiger partial charge in [-0.05, 0) is 31.5 Å². The summed E-state index contributed by atoms with van der Waals surface area (Å²) < 4.78 is 10.3. The van der Waals surface area contributed by atoms with E-state index < -0.39 is 5.97 Å². The zero-order valence-electron chi connectivity index (χ0n) is 13.7. The van der Waals surface area contributed by atoms with Gasteiger partial charge in [-0.1, -0.05) is 30.3 Å². The fraction of sp³-hybridized carbons (Fsp3) is 0.278. The van der Waals surface area contributed by atoms with Crippen LogP contribution in [-0.2, 0) is 9.53 Å². The van der Waals surface area contributed by atoms with Crippen LogP contribution >= 0.6 is 0 Å². The van der Waals surface area contributed by atoms with Gasteiger partial charge >= 0.3 is 5.97 Å². The molecule has 0 unspecified atom stereocenters. The van der Waals surface area contributed by atoms with Crippen molar-refractivity contribution in [1.82, 2.24) is 10.3 Å². The molecule has 2 aromatic rings. The van der Waals surface area contributed by atoms with Crippen LogP contribution in [0.2, 0.25) is 0 Å². The van der Waals surface area contributed by atoms with Crippen LogP contribution in [-0.4, -0.2) is 30.1 Å². The second-order valence-electron chi connectivity index (χ2n) is 5.07. The lowest BCUT2D eigenvalue weighted by atomic mass is 10.1. The number of benzene rings is 1. The monoisotopic (exact) mass is 328 g/mol. The number of carbonyl (C=O) groups excluding carboxylic acids is 2. The number of esters is 1. The number of nitrogens with one attached hydrogen (secondary N) is 1. The van der Waals surface area contributed by atoms with E-state index in [9.17, 15) is 9.59 Å². The second kappa shape index (κ2) is 8.67. The van der Waals surface area contributed by atoms with Crippen LogP contribution in [0.15, 0.2) is 48.7 Å². The van der Waals surface area contributed by atoms with Gasteiger partial charge in [-0.15, -0.1) is 0 Å². The first kappa shape index (κ1) is 17.5. The van der Waals surface area contributed by atoms with Gasteiger partial charge in [-0.2, -0.15) is 0 Å². The maximum absolute atomic E-state index is 12.1. The summed E-state index contributed by atoms with van der Waals surface area (Å²) in [5, 5.41) is 2.78. The molecule has 0 saturated carbocycles. The van der Waals surface area contributed by atoms with Gasteiger partial charge in [-0.3, -0.25) is 4.79 Å². The molecule has 0 aliphatic heterocycles. The Morgan fingerprint density at radius 2 is 1.92 bits per heavy atom. The number of aromatic nitrogens is 1. The molecule has 0 radical (unpaired) electrons. The summed E-state index contributed by atoms with van der Waals surface area (Å²) in [7, 11) is 0. The molecule has 0 spiro atoms. The number of carbonyl (C=O) groups is 2. The highest BCUT2D eigenvalue weighted by molar-refractivity contribution is 5.93. The fourth-order valence-corrected chi connectivity index (χ4v) is 2.11. The number of ether oxygens (including phenoxy) is 2. The fourth-order valence-electron chi connectivity index (χ4n) is 2.11. The van der Waals surface area contributed by atoms with E-state index in [0.717, 1.165) is 5.56 Å². The molecule has 6 heteroatoms. The predicted molar refractivity (Wildman–Crippen MR) is 88.7 cm³/mol. The average molecular weight is 328 g/mol. The molecule has 24 heavy (non-hydrogen) atoms. The lowest BCUT2D eigenvalue weighted by molar-refractivity contribution is -0.124. The SMILES string of the molecule is CCOc1ncccc1C(=O)OCC(=O)N[C@@H](C)c1ccccc1. The van der Waals surface area contributed by atoms with Gasteiger partial charge in [0.05, 0.1) is 12.6 Å². The van der Waals surface area contributed by atoms with Crippen molar-refractivity contribution in [2.24, 2.45) is 0 Å². The Labute approximate surface area is 140 Å². The maximum atomic E-state index is 12.1. The van der Waals surface area contributed by atoms with Gasteiger partial charge in [0.15, 0.2) is 6.61 Å². The molecule has 0 aliphatic rings. The van der Waals surface area contributed by atoms with E-state index in [1.54, 1.807) is 19.1 Å². The maximum Gasteiger partial charge on any atom is 0.344 e. The van der Waals surface area contributed by atoms with E-state index in [0.29, 0.717) is 6.61 Å². The minimum Gasteiger partial charge on any atom is -0.477 e. The van der Waals surface area contributed by atoms with Gasteiger partial charge < -0.3 is 14.8 Å². The van der Waals surface area contributed by atoms with Gasteiger partial charge in [0, 0.05) is 6.20 Å². The van der Waals surface area contributed by atoms with E-state index in [1.165, 1.54) is 6.20 Å². The third kappa shape index (κ3) is 4.81. The Morgan fingerprint density at radius 3 is 2.62 bits per heavy atom. The number of hydrogen-bond donors (Lipinski definition) is 1. The Balaban J connectivity index is 1.89. The van der Waals surface area contributed by atoms with E-state index in [1.807, 2.05) is 37.3 Å². The highest BCUT2D eigenvalue weighted by Crippen LogP contribution is 2.15. The quantitative estimate of drug-likeness (QED) is 0.790. The minimum absolute atomic E-state index is 0.172. The molecule has 1 aromatic heterocycles. The molecule has 1 atom stereocenters. The summed E-state index contributed by atoms with van der Waals surface area (Å²) in [4.78, 5) is 28.0. The number of hydrogen-bond acceptors (Lipinski definition) is 5. The highest BCUT2D eigenvalue weighted by atomic mass is 16.5. The number of amides is 1. The molecular weight excluding hydrogens is 308 g/mol. The molecule has 1 aromatic carbocycles. The van der Waals surface area contributed by atoms with Crippen molar-refractivity contribution >= 4 is 11.9 Å². The van der Waals surface area contributed by atoms with Crippen molar-refractivity contribution in [2.75, 3.05) is 13.2 Å². The molecule has 0 saturated heterocycles. The van der Waals surface area contributed by atoms with Crippen LogP contribution in [0.25, 0.3) is 0 Å². The molecule has 6 nitrogen and oxygen atoms in total. The Bertz CT molecular complexity index is 688. The molecule has 1 amide bonds. The zero-order chi connectivity index (χ0) is 17.4. The third-order valence-corrected chi connectivity index (χ3v) is 3.28. The molecule has 1 N–H and O–H groups in total. The Kier molecular flexibility index (Phi) is 6.31. The van der Waals surface area contributed by atoms with Crippen LogP contribution in [0.4, 0.5) is 0 Å². The van der Waals surface area contributed by atoms with E-state index in [2.05, 4.69) is 10.3 Å². The van der Waals surface area contributed by atoms with Crippen molar-refractivity contribution in [3.63, 3.8) is 0 Å². The van der Waals surface area contributed by atoms with Crippen LogP contribution in [0.5, 0.6) is 5.88 Å². The van der Waals surface area contributed by atoms with E-state index in [4.69, 9.17) is 9.47 Å². The lowest BCUT2D eigenvalue weighted by Crippen LogP contribution is -2.31. The van der Waals surface area contributed by atoms with Crippen LogP contribution in [0, 0.1) is 0 Å². The number of nitrogens with zero attached hydrogens (tertiary/aromatic N) is 1. The normalized spacial score (nSPS) is 11.4. The summed E-state index contributed by atoms with van der Waals surface area (Å²) in [6.07, 6.45) is 1.52. The zero-order valence-corrected chi connectivity index (χ0v) is 13.7. The number of rotatable bonds is 7. The molecule has 126 valence electrons. The molecule has 0 bridgehead atoms. The summed E-state index contributed by atoms with van der Waals surface area (Å²) in [6, 6.07) is 12.5. The molecule has 2 rings (SSSR count). The molecule has 0 aliphatic carbocycles. The van der Waals surface area contributed by atoms with E-state index >= 15 is 0 Å². The largest absolute Gasteiger partial charge is 0.477 e. The van der Waals surface area contributed by atoms with Crippen LogP contribution in [0.3, 0.4) is 0 Å². The van der Waals surface area contributed by atoms with Gasteiger partial charge in [-0.25, -0.2) is 9.78 Å². The highest BCUT2D eigenvalue weighted by Gasteiger charge is 2.17. The van der Waals surface area contributed by atoms with E-state index in [-0.39, 0.29) is 30.0 Å². The minimum atomic E-state index is -0.644. The third-order valence-electron chi connectivity index (χ3n) is 3.28. The first-order valence-corrected chi connectivity index (χ1v) is 7.71. The first-order valence-electron chi connectivity index (χ1n) is 7.71. The predicted octanol–water partition coefficient (Wildman–Crippen LogP) is 2.51. The second-order valence-corrected chi connectivity index (χ2v) is 5.07. The Hall–Kier alpha value is -2.89. The van der Waals surface area contributed by atoms with Crippen molar-refractivity contribution in [3.05, 3.63) is 59.8 Å². The molecule has 0 fully saturated rings. The van der Waals surface area contributed by atoms with Gasteiger partial charge in [0.1, 0.15) is 5.56 Å². The van der Waals surface area contributed by atoms with Crippen LogP contribution < -0.4 is 10.1 Å². The summed E-state index contributed by atoms with van der Waals surface area (Å²) in [6.45, 7) is 3.68. The standard InChI is InChI=1S/C18H20N2O4/c1-3-23-17-15(10-7-11-19-17)18(22)24-12-16(21)20-13(2)14-8-5-4-6-9-14/h4-11,13H,3,12H2,1-2H3,(H,20,21)/t13-/m0/s1. The van der Waals surface area contributed by atoms with Crippen LogP contribution in [0.1, 0.15) is 35.8 Å². The first-order chi connectivity index (χ1) is 11.6. The van der Waals surface area contributed by atoms with Crippen molar-refractivity contribution in [1.29, 1.82) is 0 Å². The average Bonchev–Trinajstić information content (AvgIpc) is 2.61. The van der Waals surface area contributed by atoms with Gasteiger partial charge in [0.25, 0.3) is 5.91 Å². The summed E-state index contributed by atoms with van der Waals surface area (Å²) in [5.41, 5.74) is 1.17. The lowest BCUT2D eigenvalue weighted by Gasteiger charge is -2.14. The smallest absolute Gasteiger partial charge is 0.344 e. The number of pyridine rings is 1. The summed E-state index contributed by atoms with van der Waals surface area (Å²) >= 11 is 0. The molecule has 1 heterocycles. The Morgan fingerprint density at radius 1 is 1.17 bits per heavy atom. The van der Waals surface area contributed by atoms with Crippen molar-refractivity contribution < 1.29 is 19.1 Å². The topological polar surface area (TPSA) is 77.5 Å². The van der Waals surface area contributed by atoms with Crippen molar-refractivity contribution in [3.8, 4) is 5.88 Å². The van der Waals surface area contributed by atoms with Gasteiger partial charge in [0.2, 0.25) is 5.88 Å². The summed E-state index contributed by atoms with van der Waals surface area (Å²) in [5.74, 6) is -0.821.